The zero-order valence-corrected chi connectivity index (χ0v) is 27.2. The molecule has 4 aromatic heterocycles. The second kappa shape index (κ2) is 11.5. The number of pyridine rings is 2. The van der Waals surface area contributed by atoms with Crippen LogP contribution in [0.15, 0.2) is 170 Å². The van der Waals surface area contributed by atoms with Crippen molar-refractivity contribution in [1.29, 1.82) is 0 Å². The summed E-state index contributed by atoms with van der Waals surface area (Å²) in [5.41, 5.74) is 12.9. The SMILES string of the molecule is C1=CCNC(c2cc(-n3c4ccccc4c4cc(-c5ccc6c(c5)c5ccccc5n6-c5ccccc5)ccc43)cc(-c3ccccn3)n2)=C1. The van der Waals surface area contributed by atoms with Gasteiger partial charge in [-0.15, -0.1) is 0 Å². The molecule has 0 saturated carbocycles. The molecule has 236 valence electrons. The number of hydrogen-bond donors (Lipinski definition) is 1. The van der Waals surface area contributed by atoms with Gasteiger partial charge in [0.25, 0.3) is 0 Å². The predicted molar refractivity (Wildman–Crippen MR) is 207 cm³/mol. The number of aromatic nitrogens is 4. The van der Waals surface area contributed by atoms with Gasteiger partial charge in [-0.2, -0.15) is 0 Å². The lowest BCUT2D eigenvalue weighted by molar-refractivity contribution is 0.978. The van der Waals surface area contributed by atoms with E-state index in [0.717, 1.165) is 51.7 Å². The highest BCUT2D eigenvalue weighted by Gasteiger charge is 2.18. The Labute approximate surface area is 289 Å². The van der Waals surface area contributed by atoms with Gasteiger partial charge in [-0.25, -0.2) is 4.98 Å². The molecule has 5 heteroatoms. The summed E-state index contributed by atoms with van der Waals surface area (Å²) in [6, 6.07) is 52.1. The average molecular weight is 642 g/mol. The zero-order chi connectivity index (χ0) is 33.0. The van der Waals surface area contributed by atoms with E-state index in [2.05, 4.69) is 165 Å². The minimum absolute atomic E-state index is 0.771. The Kier molecular flexibility index (Phi) is 6.49. The minimum Gasteiger partial charge on any atom is -0.380 e. The van der Waals surface area contributed by atoms with Crippen molar-refractivity contribution in [3.8, 4) is 33.9 Å². The van der Waals surface area contributed by atoms with Crippen molar-refractivity contribution in [1.82, 2.24) is 24.4 Å². The molecule has 1 N–H and O–H groups in total. The summed E-state index contributed by atoms with van der Waals surface area (Å²) < 4.78 is 4.73. The lowest BCUT2D eigenvalue weighted by Crippen LogP contribution is -2.16. The van der Waals surface area contributed by atoms with E-state index in [0.29, 0.717) is 0 Å². The first-order valence-electron chi connectivity index (χ1n) is 17.0. The van der Waals surface area contributed by atoms with Crippen LogP contribution in [0, 0.1) is 0 Å². The van der Waals surface area contributed by atoms with E-state index >= 15 is 0 Å². The molecule has 0 saturated heterocycles. The van der Waals surface area contributed by atoms with E-state index in [-0.39, 0.29) is 0 Å². The maximum absolute atomic E-state index is 5.08. The number of nitrogens with one attached hydrogen (secondary N) is 1. The Morgan fingerprint density at radius 1 is 0.480 bits per heavy atom. The van der Waals surface area contributed by atoms with Crippen LogP contribution in [-0.2, 0) is 0 Å². The van der Waals surface area contributed by atoms with Gasteiger partial charge in [0.1, 0.15) is 0 Å². The van der Waals surface area contributed by atoms with Crippen LogP contribution in [0.2, 0.25) is 0 Å². The number of benzene rings is 5. The molecule has 0 unspecified atom stereocenters. The summed E-state index contributed by atoms with van der Waals surface area (Å²) >= 11 is 0. The van der Waals surface area contributed by atoms with Crippen LogP contribution in [0.5, 0.6) is 0 Å². The van der Waals surface area contributed by atoms with E-state index in [1.165, 1.54) is 43.7 Å². The third-order valence-electron chi connectivity index (χ3n) is 9.77. The molecular formula is C45H31N5. The number of hydrogen-bond acceptors (Lipinski definition) is 3. The lowest BCUT2D eigenvalue weighted by Gasteiger charge is -2.16. The van der Waals surface area contributed by atoms with Crippen molar-refractivity contribution >= 4 is 49.3 Å². The molecule has 5 nitrogen and oxygen atoms in total. The third-order valence-corrected chi connectivity index (χ3v) is 9.77. The van der Waals surface area contributed by atoms with Gasteiger partial charge in [0.15, 0.2) is 0 Å². The van der Waals surface area contributed by atoms with Gasteiger partial charge in [0, 0.05) is 40.0 Å². The quantitative estimate of drug-likeness (QED) is 0.203. The molecule has 0 spiro atoms. The van der Waals surface area contributed by atoms with Crippen molar-refractivity contribution in [2.24, 2.45) is 0 Å². The number of allylic oxidation sites excluding steroid dienone is 2. The Morgan fingerprint density at radius 3 is 1.72 bits per heavy atom. The Morgan fingerprint density at radius 2 is 1.08 bits per heavy atom. The number of fused-ring (bicyclic) bond motifs is 6. The van der Waals surface area contributed by atoms with Gasteiger partial charge >= 0.3 is 0 Å². The Balaban J connectivity index is 1.17. The van der Waals surface area contributed by atoms with Gasteiger partial charge in [-0.1, -0.05) is 84.9 Å². The van der Waals surface area contributed by atoms with Crippen molar-refractivity contribution in [3.05, 3.63) is 176 Å². The van der Waals surface area contributed by atoms with Gasteiger partial charge < -0.3 is 14.5 Å². The molecule has 0 amide bonds. The molecular weight excluding hydrogens is 611 g/mol. The van der Waals surface area contributed by atoms with Crippen molar-refractivity contribution in [3.63, 3.8) is 0 Å². The highest BCUT2D eigenvalue weighted by atomic mass is 15.0. The van der Waals surface area contributed by atoms with Crippen LogP contribution in [0.4, 0.5) is 0 Å². The fraction of sp³-hybridized carbons (Fsp3) is 0.0222. The molecule has 10 rings (SSSR count). The predicted octanol–water partition coefficient (Wildman–Crippen LogP) is 10.5. The van der Waals surface area contributed by atoms with Crippen LogP contribution in [0.3, 0.4) is 0 Å². The van der Waals surface area contributed by atoms with Crippen molar-refractivity contribution in [2.45, 2.75) is 0 Å². The van der Waals surface area contributed by atoms with Gasteiger partial charge in [0.05, 0.1) is 50.5 Å². The summed E-state index contributed by atoms with van der Waals surface area (Å²) in [5.74, 6) is 0. The summed E-state index contributed by atoms with van der Waals surface area (Å²) in [6.07, 6.45) is 8.10. The first-order valence-corrected chi connectivity index (χ1v) is 17.0. The second-order valence-corrected chi connectivity index (χ2v) is 12.7. The molecule has 0 radical (unpaired) electrons. The number of para-hydroxylation sites is 3. The van der Waals surface area contributed by atoms with E-state index in [9.17, 15) is 0 Å². The largest absolute Gasteiger partial charge is 0.380 e. The summed E-state index contributed by atoms with van der Waals surface area (Å²) in [5, 5.41) is 8.42. The minimum atomic E-state index is 0.771. The topological polar surface area (TPSA) is 47.7 Å². The first kappa shape index (κ1) is 28.3. The van der Waals surface area contributed by atoms with E-state index in [1.807, 2.05) is 24.4 Å². The molecule has 0 fully saturated rings. The molecule has 1 aliphatic rings. The van der Waals surface area contributed by atoms with Crippen molar-refractivity contribution < 1.29 is 0 Å². The van der Waals surface area contributed by atoms with Crippen LogP contribution >= 0.6 is 0 Å². The molecule has 5 heterocycles. The third kappa shape index (κ3) is 4.55. The number of rotatable bonds is 5. The molecule has 5 aromatic carbocycles. The highest BCUT2D eigenvalue weighted by molar-refractivity contribution is 6.12. The van der Waals surface area contributed by atoms with Gasteiger partial charge in [-0.05, 0) is 90.0 Å². The smallest absolute Gasteiger partial charge is 0.0915 e. The molecule has 0 atom stereocenters. The molecule has 50 heavy (non-hydrogen) atoms. The molecule has 1 aliphatic heterocycles. The number of dihydropyridines is 1. The Bertz CT molecular complexity index is 2800. The van der Waals surface area contributed by atoms with Gasteiger partial charge in [-0.3, -0.25) is 4.98 Å². The van der Waals surface area contributed by atoms with Crippen molar-refractivity contribution in [2.75, 3.05) is 6.54 Å². The summed E-state index contributed by atoms with van der Waals surface area (Å²) in [6.45, 7) is 0.771. The van der Waals surface area contributed by atoms with E-state index in [4.69, 9.17) is 4.98 Å². The van der Waals surface area contributed by atoms with Crippen LogP contribution in [0.25, 0.3) is 83.2 Å². The highest BCUT2D eigenvalue weighted by Crippen LogP contribution is 2.38. The monoisotopic (exact) mass is 641 g/mol. The standard InChI is InChI=1S/C45H31N5/c1-2-12-32(13-3-1)49-42-18-6-4-14-34(42)36-26-30(20-22-44(36)49)31-21-23-45-37(27-31)35-15-5-7-19-43(35)50(45)33-28-40(38-16-8-10-24-46-38)48-41(29-33)39-17-9-11-25-47-39/h1-24,26-29,47H,25H2. The normalized spacial score (nSPS) is 12.9. The molecule has 9 aromatic rings. The van der Waals surface area contributed by atoms with Crippen LogP contribution < -0.4 is 5.32 Å². The molecule has 0 aliphatic carbocycles. The summed E-state index contributed by atoms with van der Waals surface area (Å²) in [7, 11) is 0. The first-order chi connectivity index (χ1) is 24.8. The second-order valence-electron chi connectivity index (χ2n) is 12.7. The fourth-order valence-electron chi connectivity index (χ4n) is 7.50. The van der Waals surface area contributed by atoms with E-state index < -0.39 is 0 Å². The van der Waals surface area contributed by atoms with Gasteiger partial charge in [0.2, 0.25) is 0 Å². The van der Waals surface area contributed by atoms with Crippen LogP contribution in [0.1, 0.15) is 5.69 Å². The maximum atomic E-state index is 5.08. The lowest BCUT2D eigenvalue weighted by atomic mass is 10.0. The summed E-state index contributed by atoms with van der Waals surface area (Å²) in [4.78, 5) is 9.74. The fourth-order valence-corrected chi connectivity index (χ4v) is 7.50. The van der Waals surface area contributed by atoms with E-state index in [1.54, 1.807) is 0 Å². The number of nitrogens with zero attached hydrogens (tertiary/aromatic N) is 4. The average Bonchev–Trinajstić information content (AvgIpc) is 3.71. The van der Waals surface area contributed by atoms with Crippen LogP contribution in [-0.4, -0.2) is 25.6 Å². The zero-order valence-electron chi connectivity index (χ0n) is 27.2. The Hall–Kier alpha value is -6.72. The maximum Gasteiger partial charge on any atom is 0.0915 e. The molecule has 0 bridgehead atoms.